The number of nitrogens with zero attached hydrogens (tertiary/aromatic N) is 5. The SMILES string of the molecule is CCCOc1ccc(Oc2ncnc(N3CCN(C)CC3)c2[N+](=O)[O-])cc1. The molecule has 27 heavy (non-hydrogen) atoms. The van der Waals surface area contributed by atoms with E-state index in [0.717, 1.165) is 25.3 Å². The van der Waals surface area contributed by atoms with Gasteiger partial charge >= 0.3 is 11.6 Å². The van der Waals surface area contributed by atoms with E-state index in [1.54, 1.807) is 24.3 Å². The fourth-order valence-electron chi connectivity index (χ4n) is 2.77. The van der Waals surface area contributed by atoms with E-state index >= 15 is 0 Å². The minimum absolute atomic E-state index is 0.0637. The van der Waals surface area contributed by atoms with Gasteiger partial charge in [0, 0.05) is 26.2 Å². The second-order valence-corrected chi connectivity index (χ2v) is 6.32. The minimum Gasteiger partial charge on any atom is -0.494 e. The van der Waals surface area contributed by atoms with Crippen LogP contribution in [0.3, 0.4) is 0 Å². The largest absolute Gasteiger partial charge is 0.494 e. The fraction of sp³-hybridized carbons (Fsp3) is 0.444. The van der Waals surface area contributed by atoms with Gasteiger partial charge in [-0.05, 0) is 37.7 Å². The zero-order valence-electron chi connectivity index (χ0n) is 15.5. The third-order valence-corrected chi connectivity index (χ3v) is 4.27. The van der Waals surface area contributed by atoms with Crippen molar-refractivity contribution in [3.05, 3.63) is 40.7 Å². The fourth-order valence-corrected chi connectivity index (χ4v) is 2.77. The number of ether oxygens (including phenoxy) is 2. The summed E-state index contributed by atoms with van der Waals surface area (Å²) in [6, 6.07) is 6.93. The zero-order chi connectivity index (χ0) is 19.2. The number of rotatable bonds is 7. The van der Waals surface area contributed by atoms with Gasteiger partial charge in [0.1, 0.15) is 17.8 Å². The Kier molecular flexibility index (Phi) is 6.02. The van der Waals surface area contributed by atoms with Crippen molar-refractivity contribution in [1.29, 1.82) is 0 Å². The Labute approximate surface area is 157 Å². The van der Waals surface area contributed by atoms with E-state index in [1.807, 2.05) is 18.9 Å². The van der Waals surface area contributed by atoms with E-state index < -0.39 is 4.92 Å². The number of hydrogen-bond acceptors (Lipinski definition) is 8. The van der Waals surface area contributed by atoms with Crippen molar-refractivity contribution >= 4 is 11.5 Å². The average Bonchev–Trinajstić information content (AvgIpc) is 2.67. The smallest absolute Gasteiger partial charge is 0.373 e. The molecule has 1 fully saturated rings. The van der Waals surface area contributed by atoms with Gasteiger partial charge in [-0.15, -0.1) is 0 Å². The molecule has 0 N–H and O–H groups in total. The predicted molar refractivity (Wildman–Crippen MR) is 101 cm³/mol. The lowest BCUT2D eigenvalue weighted by Gasteiger charge is -2.32. The first kappa shape index (κ1) is 18.8. The van der Waals surface area contributed by atoms with Gasteiger partial charge in [-0.3, -0.25) is 10.1 Å². The van der Waals surface area contributed by atoms with Crippen LogP contribution in [0.5, 0.6) is 17.4 Å². The monoisotopic (exact) mass is 373 g/mol. The molecule has 0 aliphatic carbocycles. The Morgan fingerprint density at radius 1 is 1.11 bits per heavy atom. The van der Waals surface area contributed by atoms with Gasteiger partial charge < -0.3 is 19.3 Å². The molecule has 0 saturated carbocycles. The first-order valence-corrected chi connectivity index (χ1v) is 8.92. The summed E-state index contributed by atoms with van der Waals surface area (Å²) in [5.74, 6) is 1.40. The summed E-state index contributed by atoms with van der Waals surface area (Å²) in [5.41, 5.74) is -0.214. The van der Waals surface area contributed by atoms with Crippen LogP contribution < -0.4 is 14.4 Å². The van der Waals surface area contributed by atoms with Crippen molar-refractivity contribution < 1.29 is 14.4 Å². The van der Waals surface area contributed by atoms with Crippen LogP contribution in [0, 0.1) is 10.1 Å². The number of piperazine rings is 1. The molecule has 9 heteroatoms. The summed E-state index contributed by atoms with van der Waals surface area (Å²) in [4.78, 5) is 23.4. The Balaban J connectivity index is 1.82. The van der Waals surface area contributed by atoms with Crippen LogP contribution in [0.15, 0.2) is 30.6 Å². The molecule has 9 nitrogen and oxygen atoms in total. The lowest BCUT2D eigenvalue weighted by atomic mass is 10.3. The maximum atomic E-state index is 11.7. The predicted octanol–water partition coefficient (Wildman–Crippen LogP) is 2.72. The van der Waals surface area contributed by atoms with Gasteiger partial charge in [0.05, 0.1) is 11.5 Å². The number of aromatic nitrogens is 2. The molecular formula is C18H23N5O4. The molecule has 0 unspecified atom stereocenters. The van der Waals surface area contributed by atoms with Gasteiger partial charge in [-0.25, -0.2) is 4.98 Å². The Morgan fingerprint density at radius 3 is 2.41 bits per heavy atom. The molecule has 2 aromatic rings. The van der Waals surface area contributed by atoms with Crippen LogP contribution in [-0.2, 0) is 0 Å². The topological polar surface area (TPSA) is 93.9 Å². The molecular weight excluding hydrogens is 350 g/mol. The van der Waals surface area contributed by atoms with E-state index in [9.17, 15) is 10.1 Å². The van der Waals surface area contributed by atoms with E-state index in [0.29, 0.717) is 31.3 Å². The summed E-state index contributed by atoms with van der Waals surface area (Å²) in [5, 5.41) is 11.7. The van der Waals surface area contributed by atoms with Crippen molar-refractivity contribution in [2.75, 3.05) is 44.7 Å². The number of anilines is 1. The van der Waals surface area contributed by atoms with Crippen LogP contribution >= 0.6 is 0 Å². The van der Waals surface area contributed by atoms with E-state index in [1.165, 1.54) is 6.33 Å². The standard InChI is InChI=1S/C18H23N5O4/c1-3-12-26-14-4-6-15(7-5-14)27-18-16(23(24)25)17(19-13-20-18)22-10-8-21(2)9-11-22/h4-7,13H,3,8-12H2,1-2H3. The molecule has 0 amide bonds. The second kappa shape index (κ2) is 8.63. The first-order chi connectivity index (χ1) is 13.1. The molecule has 3 rings (SSSR count). The molecule has 144 valence electrons. The van der Waals surface area contributed by atoms with E-state index in [-0.39, 0.29) is 11.6 Å². The molecule has 0 atom stereocenters. The molecule has 1 saturated heterocycles. The highest BCUT2D eigenvalue weighted by molar-refractivity contribution is 5.63. The van der Waals surface area contributed by atoms with Crippen LogP contribution in [0.1, 0.15) is 13.3 Å². The van der Waals surface area contributed by atoms with Crippen molar-refractivity contribution in [3.63, 3.8) is 0 Å². The molecule has 0 radical (unpaired) electrons. The molecule has 0 spiro atoms. The highest BCUT2D eigenvalue weighted by atomic mass is 16.6. The number of benzene rings is 1. The van der Waals surface area contributed by atoms with Crippen LogP contribution in [0.2, 0.25) is 0 Å². The van der Waals surface area contributed by atoms with Crippen molar-refractivity contribution in [2.24, 2.45) is 0 Å². The Hall–Kier alpha value is -2.94. The van der Waals surface area contributed by atoms with Crippen LogP contribution in [0.25, 0.3) is 0 Å². The van der Waals surface area contributed by atoms with Gasteiger partial charge in [-0.2, -0.15) is 4.98 Å². The summed E-state index contributed by atoms with van der Waals surface area (Å²) in [7, 11) is 2.02. The van der Waals surface area contributed by atoms with E-state index in [4.69, 9.17) is 9.47 Å². The first-order valence-electron chi connectivity index (χ1n) is 8.92. The van der Waals surface area contributed by atoms with Gasteiger partial charge in [0.25, 0.3) is 0 Å². The lowest BCUT2D eigenvalue weighted by Crippen LogP contribution is -2.45. The maximum Gasteiger partial charge on any atom is 0.373 e. The second-order valence-electron chi connectivity index (χ2n) is 6.32. The quantitative estimate of drug-likeness (QED) is 0.540. The summed E-state index contributed by atoms with van der Waals surface area (Å²) >= 11 is 0. The Bertz CT molecular complexity index is 776. The van der Waals surface area contributed by atoms with Gasteiger partial charge in [-0.1, -0.05) is 6.92 Å². The lowest BCUT2D eigenvalue weighted by molar-refractivity contribution is -0.385. The van der Waals surface area contributed by atoms with Crippen LogP contribution in [0.4, 0.5) is 11.5 Å². The van der Waals surface area contributed by atoms with Crippen LogP contribution in [-0.4, -0.2) is 59.6 Å². The molecule has 1 aromatic heterocycles. The third-order valence-electron chi connectivity index (χ3n) is 4.27. The summed E-state index contributed by atoms with van der Waals surface area (Å²) in [6.45, 7) is 5.62. The van der Waals surface area contributed by atoms with E-state index in [2.05, 4.69) is 14.9 Å². The number of nitro groups is 1. The zero-order valence-corrected chi connectivity index (χ0v) is 15.5. The number of hydrogen-bond donors (Lipinski definition) is 0. The van der Waals surface area contributed by atoms with Crippen molar-refractivity contribution in [3.8, 4) is 17.4 Å². The van der Waals surface area contributed by atoms with Gasteiger partial charge in [0.15, 0.2) is 0 Å². The molecule has 1 aliphatic heterocycles. The molecule has 1 aliphatic rings. The summed E-state index contributed by atoms with van der Waals surface area (Å²) < 4.78 is 11.2. The third kappa shape index (κ3) is 4.62. The average molecular weight is 373 g/mol. The van der Waals surface area contributed by atoms with Crippen molar-refractivity contribution in [1.82, 2.24) is 14.9 Å². The minimum atomic E-state index is -0.484. The Morgan fingerprint density at radius 2 is 1.78 bits per heavy atom. The normalized spacial score (nSPS) is 14.8. The highest BCUT2D eigenvalue weighted by Gasteiger charge is 2.30. The number of likely N-dealkylation sites (N-methyl/N-ethyl adjacent to an activating group) is 1. The van der Waals surface area contributed by atoms with Gasteiger partial charge in [0.2, 0.25) is 5.82 Å². The summed E-state index contributed by atoms with van der Waals surface area (Å²) in [6.07, 6.45) is 2.22. The highest BCUT2D eigenvalue weighted by Crippen LogP contribution is 2.36. The molecule has 1 aromatic carbocycles. The van der Waals surface area contributed by atoms with Crippen molar-refractivity contribution in [2.45, 2.75) is 13.3 Å². The molecule has 2 heterocycles. The molecule has 0 bridgehead atoms. The maximum absolute atomic E-state index is 11.7.